The van der Waals surface area contributed by atoms with E-state index < -0.39 is 0 Å². The van der Waals surface area contributed by atoms with Gasteiger partial charge in [-0.1, -0.05) is 12.8 Å². The third kappa shape index (κ3) is 3.37. The SMILES string of the molecule is CN(CC1CCCC1)C(=O)C1CC(=O)N(c2ccc3c(c2)OCCO3)C1. The minimum Gasteiger partial charge on any atom is -0.486 e. The molecule has 6 heteroatoms. The van der Waals surface area contributed by atoms with Crippen LogP contribution < -0.4 is 14.4 Å². The van der Waals surface area contributed by atoms with Crippen LogP contribution >= 0.6 is 0 Å². The van der Waals surface area contributed by atoms with Gasteiger partial charge in [-0.25, -0.2) is 0 Å². The van der Waals surface area contributed by atoms with Gasteiger partial charge in [-0.3, -0.25) is 9.59 Å². The summed E-state index contributed by atoms with van der Waals surface area (Å²) in [6.07, 6.45) is 5.25. The van der Waals surface area contributed by atoms with Crippen molar-refractivity contribution in [1.29, 1.82) is 0 Å². The third-order valence-electron chi connectivity index (χ3n) is 5.69. The monoisotopic (exact) mass is 358 g/mol. The van der Waals surface area contributed by atoms with E-state index in [1.54, 1.807) is 4.90 Å². The molecule has 0 radical (unpaired) electrons. The summed E-state index contributed by atoms with van der Waals surface area (Å²) in [7, 11) is 1.87. The van der Waals surface area contributed by atoms with Crippen LogP contribution in [0.5, 0.6) is 11.5 Å². The molecule has 4 rings (SSSR count). The zero-order chi connectivity index (χ0) is 18.1. The van der Waals surface area contributed by atoms with Crippen molar-refractivity contribution >= 4 is 17.5 Å². The molecule has 0 bridgehead atoms. The van der Waals surface area contributed by atoms with E-state index in [1.807, 2.05) is 30.1 Å². The van der Waals surface area contributed by atoms with Gasteiger partial charge in [0, 0.05) is 38.3 Å². The van der Waals surface area contributed by atoms with Crippen molar-refractivity contribution in [2.24, 2.45) is 11.8 Å². The van der Waals surface area contributed by atoms with Gasteiger partial charge in [0.25, 0.3) is 0 Å². The third-order valence-corrected chi connectivity index (χ3v) is 5.69. The highest BCUT2D eigenvalue weighted by Crippen LogP contribution is 2.36. The van der Waals surface area contributed by atoms with Crippen molar-refractivity contribution in [2.45, 2.75) is 32.1 Å². The maximum Gasteiger partial charge on any atom is 0.227 e. The molecule has 1 atom stereocenters. The number of ether oxygens (including phenoxy) is 2. The fourth-order valence-electron chi connectivity index (χ4n) is 4.30. The normalized spacial score (nSPS) is 22.7. The number of benzene rings is 1. The van der Waals surface area contributed by atoms with Crippen molar-refractivity contribution in [2.75, 3.05) is 38.3 Å². The molecule has 2 heterocycles. The van der Waals surface area contributed by atoms with E-state index in [1.165, 1.54) is 25.7 Å². The number of rotatable bonds is 4. The van der Waals surface area contributed by atoms with Crippen LogP contribution in [0.3, 0.4) is 0 Å². The second-order valence-electron chi connectivity index (χ2n) is 7.60. The summed E-state index contributed by atoms with van der Waals surface area (Å²) in [5.74, 6) is 1.81. The quantitative estimate of drug-likeness (QED) is 0.830. The molecule has 1 aromatic rings. The van der Waals surface area contributed by atoms with Crippen molar-refractivity contribution in [3.8, 4) is 11.5 Å². The summed E-state index contributed by atoms with van der Waals surface area (Å²) < 4.78 is 11.1. The Balaban J connectivity index is 1.42. The fourth-order valence-corrected chi connectivity index (χ4v) is 4.30. The van der Waals surface area contributed by atoms with E-state index >= 15 is 0 Å². The van der Waals surface area contributed by atoms with E-state index in [9.17, 15) is 9.59 Å². The van der Waals surface area contributed by atoms with Crippen molar-refractivity contribution < 1.29 is 19.1 Å². The molecule has 1 aliphatic carbocycles. The van der Waals surface area contributed by atoms with Crippen molar-refractivity contribution in [1.82, 2.24) is 4.90 Å². The van der Waals surface area contributed by atoms with Crippen LogP contribution in [0.4, 0.5) is 5.69 Å². The summed E-state index contributed by atoms with van der Waals surface area (Å²) >= 11 is 0. The van der Waals surface area contributed by atoms with Gasteiger partial charge in [0.05, 0.1) is 5.92 Å². The summed E-state index contributed by atoms with van der Waals surface area (Å²) in [6.45, 7) is 2.30. The van der Waals surface area contributed by atoms with Gasteiger partial charge in [-0.15, -0.1) is 0 Å². The Morgan fingerprint density at radius 1 is 1.19 bits per heavy atom. The van der Waals surface area contributed by atoms with Crippen molar-refractivity contribution in [3.63, 3.8) is 0 Å². The molecule has 0 N–H and O–H groups in total. The number of fused-ring (bicyclic) bond motifs is 1. The number of hydrogen-bond acceptors (Lipinski definition) is 4. The lowest BCUT2D eigenvalue weighted by Crippen LogP contribution is -2.37. The number of nitrogens with zero attached hydrogens (tertiary/aromatic N) is 2. The number of carbonyl (C=O) groups is 2. The zero-order valence-electron chi connectivity index (χ0n) is 15.3. The lowest BCUT2D eigenvalue weighted by atomic mass is 10.0. The highest BCUT2D eigenvalue weighted by atomic mass is 16.6. The van der Waals surface area contributed by atoms with Crippen LogP contribution in [0.1, 0.15) is 32.1 Å². The predicted molar refractivity (Wildman–Crippen MR) is 97.5 cm³/mol. The van der Waals surface area contributed by atoms with E-state index in [0.29, 0.717) is 37.2 Å². The van der Waals surface area contributed by atoms with Crippen LogP contribution in [0, 0.1) is 11.8 Å². The largest absolute Gasteiger partial charge is 0.486 e. The van der Waals surface area contributed by atoms with Gasteiger partial charge in [-0.2, -0.15) is 0 Å². The van der Waals surface area contributed by atoms with Gasteiger partial charge in [0.1, 0.15) is 13.2 Å². The molecule has 2 fully saturated rings. The van der Waals surface area contributed by atoms with E-state index in [0.717, 1.165) is 12.2 Å². The van der Waals surface area contributed by atoms with Crippen LogP contribution in [-0.2, 0) is 9.59 Å². The van der Waals surface area contributed by atoms with Crippen LogP contribution in [-0.4, -0.2) is 50.1 Å². The topological polar surface area (TPSA) is 59.1 Å². The summed E-state index contributed by atoms with van der Waals surface area (Å²) in [5.41, 5.74) is 0.771. The van der Waals surface area contributed by atoms with Gasteiger partial charge in [0.2, 0.25) is 11.8 Å². The Hall–Kier alpha value is -2.24. The Morgan fingerprint density at radius 3 is 2.69 bits per heavy atom. The summed E-state index contributed by atoms with van der Waals surface area (Å²) in [6, 6.07) is 5.53. The lowest BCUT2D eigenvalue weighted by molar-refractivity contribution is -0.135. The van der Waals surface area contributed by atoms with E-state index in [2.05, 4.69) is 0 Å². The molecule has 6 nitrogen and oxygen atoms in total. The summed E-state index contributed by atoms with van der Waals surface area (Å²) in [4.78, 5) is 28.8. The zero-order valence-corrected chi connectivity index (χ0v) is 15.3. The first-order valence-electron chi connectivity index (χ1n) is 9.57. The minimum atomic E-state index is -0.262. The van der Waals surface area contributed by atoms with Gasteiger partial charge >= 0.3 is 0 Å². The first kappa shape index (κ1) is 17.2. The lowest BCUT2D eigenvalue weighted by Gasteiger charge is -2.24. The maximum absolute atomic E-state index is 12.8. The van der Waals surface area contributed by atoms with Crippen LogP contribution in [0.15, 0.2) is 18.2 Å². The average Bonchev–Trinajstić information content (AvgIpc) is 3.30. The number of carbonyl (C=O) groups excluding carboxylic acids is 2. The average molecular weight is 358 g/mol. The Bertz CT molecular complexity index is 699. The first-order valence-corrected chi connectivity index (χ1v) is 9.57. The Labute approximate surface area is 154 Å². The van der Waals surface area contributed by atoms with Crippen LogP contribution in [0.25, 0.3) is 0 Å². The molecule has 2 aliphatic heterocycles. The molecule has 1 saturated carbocycles. The van der Waals surface area contributed by atoms with Gasteiger partial charge in [0.15, 0.2) is 11.5 Å². The molecule has 1 saturated heterocycles. The van der Waals surface area contributed by atoms with E-state index in [-0.39, 0.29) is 24.2 Å². The minimum absolute atomic E-state index is 0.00528. The second-order valence-corrected chi connectivity index (χ2v) is 7.60. The highest BCUT2D eigenvalue weighted by Gasteiger charge is 2.37. The molecule has 1 unspecified atom stereocenters. The van der Waals surface area contributed by atoms with Crippen molar-refractivity contribution in [3.05, 3.63) is 18.2 Å². The summed E-state index contributed by atoms with van der Waals surface area (Å²) in [5, 5.41) is 0. The van der Waals surface area contributed by atoms with Crippen LogP contribution in [0.2, 0.25) is 0 Å². The fraction of sp³-hybridized carbons (Fsp3) is 0.600. The molecule has 0 aromatic heterocycles. The molecule has 1 aromatic carbocycles. The second kappa shape index (κ2) is 7.17. The standard InChI is InChI=1S/C20H26N2O4/c1-21(12-14-4-2-3-5-14)20(24)15-10-19(23)22(13-15)16-6-7-17-18(11-16)26-9-8-25-17/h6-7,11,14-15H,2-5,8-10,12-13H2,1H3. The number of anilines is 1. The first-order chi connectivity index (χ1) is 12.6. The molecule has 26 heavy (non-hydrogen) atoms. The smallest absolute Gasteiger partial charge is 0.227 e. The van der Waals surface area contributed by atoms with E-state index in [4.69, 9.17) is 9.47 Å². The van der Waals surface area contributed by atoms with Gasteiger partial charge in [-0.05, 0) is 30.9 Å². The molecular formula is C20H26N2O4. The molecule has 2 amide bonds. The van der Waals surface area contributed by atoms with Gasteiger partial charge < -0.3 is 19.3 Å². The maximum atomic E-state index is 12.8. The molecule has 140 valence electrons. The Morgan fingerprint density at radius 2 is 1.92 bits per heavy atom. The molecule has 3 aliphatic rings. The Kier molecular flexibility index (Phi) is 4.74. The predicted octanol–water partition coefficient (Wildman–Crippen LogP) is 2.46. The molecule has 0 spiro atoms. The number of hydrogen-bond donors (Lipinski definition) is 0. The molecular weight excluding hydrogens is 332 g/mol. The highest BCUT2D eigenvalue weighted by molar-refractivity contribution is 6.00. The number of amides is 2.